The lowest BCUT2D eigenvalue weighted by Crippen LogP contribution is -2.37. The highest BCUT2D eigenvalue weighted by molar-refractivity contribution is 5.97. The molecule has 0 aromatic heterocycles. The number of amides is 1. The molecule has 0 unspecified atom stereocenters. The Hall–Kier alpha value is -3.53. The number of hydrogen-bond acceptors (Lipinski definition) is 7. The largest absolute Gasteiger partial charge is 0.452 e. The van der Waals surface area contributed by atoms with E-state index in [2.05, 4.69) is 5.32 Å². The number of nitrogens with one attached hydrogen (secondary N) is 1. The molecule has 31 heavy (non-hydrogen) atoms. The van der Waals surface area contributed by atoms with Crippen molar-refractivity contribution in [3.63, 3.8) is 0 Å². The molecule has 1 aliphatic rings. The zero-order chi connectivity index (χ0) is 22.4. The highest BCUT2D eigenvalue weighted by Gasteiger charge is 2.23. The maximum absolute atomic E-state index is 13.0. The van der Waals surface area contributed by atoms with Gasteiger partial charge in [-0.15, -0.1) is 0 Å². The molecule has 9 nitrogen and oxygen atoms in total. The van der Waals surface area contributed by atoms with Gasteiger partial charge in [0.05, 0.1) is 35.4 Å². The van der Waals surface area contributed by atoms with Crippen LogP contribution in [-0.2, 0) is 14.3 Å². The van der Waals surface area contributed by atoms with Crippen LogP contribution in [0, 0.1) is 15.9 Å². The Bertz CT molecular complexity index is 960. The summed E-state index contributed by atoms with van der Waals surface area (Å²) in [4.78, 5) is 37.3. The van der Waals surface area contributed by atoms with Gasteiger partial charge in [-0.25, -0.2) is 9.18 Å². The van der Waals surface area contributed by atoms with Gasteiger partial charge in [-0.3, -0.25) is 14.9 Å². The quantitative estimate of drug-likeness (QED) is 0.407. The summed E-state index contributed by atoms with van der Waals surface area (Å²) in [5, 5.41) is 13.8. The van der Waals surface area contributed by atoms with E-state index in [1.54, 1.807) is 19.1 Å². The topological polar surface area (TPSA) is 111 Å². The van der Waals surface area contributed by atoms with Crippen molar-refractivity contribution in [2.45, 2.75) is 13.0 Å². The normalized spacial score (nSPS) is 14.6. The Balaban J connectivity index is 1.67. The fraction of sp³-hybridized carbons (Fsp3) is 0.333. The number of ether oxygens (including phenoxy) is 2. The fourth-order valence-corrected chi connectivity index (χ4v) is 3.21. The number of nitro benzene ring substituents is 1. The first kappa shape index (κ1) is 22.2. The molecule has 0 saturated carbocycles. The van der Waals surface area contributed by atoms with Crippen LogP contribution in [0.15, 0.2) is 42.5 Å². The molecular formula is C21H22FN3O6. The number of benzene rings is 2. The molecule has 2 aromatic carbocycles. The van der Waals surface area contributed by atoms with Gasteiger partial charge in [0, 0.05) is 25.2 Å². The van der Waals surface area contributed by atoms with Crippen LogP contribution < -0.4 is 10.2 Å². The number of non-ortho nitro benzene ring substituents is 1. The molecule has 1 fully saturated rings. The number of esters is 1. The standard InChI is InChI=1S/C21H22FN3O6/c1-14(15-2-4-16(22)5-3-15)23-20(26)13-31-21(27)18-12-17(25(28)29)6-7-19(18)24-8-10-30-11-9-24/h2-7,12,14H,8-11,13H2,1H3,(H,23,26)/t14-/m0/s1. The molecular weight excluding hydrogens is 409 g/mol. The summed E-state index contributed by atoms with van der Waals surface area (Å²) in [5.41, 5.74) is 0.933. The number of nitro groups is 1. The van der Waals surface area contributed by atoms with E-state index < -0.39 is 29.4 Å². The summed E-state index contributed by atoms with van der Waals surface area (Å²) in [6.45, 7) is 3.13. The Morgan fingerprint density at radius 3 is 2.55 bits per heavy atom. The third-order valence-electron chi connectivity index (χ3n) is 4.84. The van der Waals surface area contributed by atoms with E-state index in [9.17, 15) is 24.1 Å². The molecule has 1 heterocycles. The molecule has 10 heteroatoms. The van der Waals surface area contributed by atoms with Crippen LogP contribution in [0.1, 0.15) is 28.9 Å². The molecule has 1 atom stereocenters. The van der Waals surface area contributed by atoms with Crippen LogP contribution in [0.5, 0.6) is 0 Å². The average Bonchev–Trinajstić information content (AvgIpc) is 2.78. The van der Waals surface area contributed by atoms with Crippen molar-refractivity contribution in [2.24, 2.45) is 0 Å². The van der Waals surface area contributed by atoms with Gasteiger partial charge in [0.2, 0.25) is 0 Å². The van der Waals surface area contributed by atoms with Crippen LogP contribution >= 0.6 is 0 Å². The van der Waals surface area contributed by atoms with Crippen molar-refractivity contribution in [3.8, 4) is 0 Å². The Morgan fingerprint density at radius 1 is 1.23 bits per heavy atom. The molecule has 164 valence electrons. The predicted molar refractivity (Wildman–Crippen MR) is 109 cm³/mol. The first-order valence-corrected chi connectivity index (χ1v) is 9.68. The van der Waals surface area contributed by atoms with Crippen LogP contribution in [0.4, 0.5) is 15.8 Å². The summed E-state index contributed by atoms with van der Waals surface area (Å²) >= 11 is 0. The van der Waals surface area contributed by atoms with E-state index in [4.69, 9.17) is 9.47 Å². The SMILES string of the molecule is C[C@H](NC(=O)COC(=O)c1cc([N+](=O)[O-])ccc1N1CCOCC1)c1ccc(F)cc1. The van der Waals surface area contributed by atoms with Crippen molar-refractivity contribution < 1.29 is 28.4 Å². The predicted octanol–water partition coefficient (Wildman–Crippen LogP) is 2.60. The summed E-state index contributed by atoms with van der Waals surface area (Å²) in [6, 6.07) is 9.20. The number of carbonyl (C=O) groups excluding carboxylic acids is 2. The Morgan fingerprint density at radius 2 is 1.90 bits per heavy atom. The van der Waals surface area contributed by atoms with Crippen molar-refractivity contribution in [1.82, 2.24) is 5.32 Å². The third-order valence-corrected chi connectivity index (χ3v) is 4.84. The Labute approximate surface area is 177 Å². The fourth-order valence-electron chi connectivity index (χ4n) is 3.21. The molecule has 1 N–H and O–H groups in total. The van der Waals surface area contributed by atoms with Crippen molar-refractivity contribution in [1.29, 1.82) is 0 Å². The number of halogens is 1. The lowest BCUT2D eigenvalue weighted by molar-refractivity contribution is -0.384. The molecule has 0 spiro atoms. The minimum absolute atomic E-state index is 0.00971. The maximum atomic E-state index is 13.0. The number of anilines is 1. The highest BCUT2D eigenvalue weighted by atomic mass is 19.1. The van der Waals surface area contributed by atoms with E-state index >= 15 is 0 Å². The molecule has 1 saturated heterocycles. The van der Waals surface area contributed by atoms with Gasteiger partial charge in [0.1, 0.15) is 5.82 Å². The van der Waals surface area contributed by atoms with Crippen LogP contribution in [0.25, 0.3) is 0 Å². The van der Waals surface area contributed by atoms with Gasteiger partial charge in [0.25, 0.3) is 11.6 Å². The minimum atomic E-state index is -0.838. The summed E-state index contributed by atoms with van der Waals surface area (Å²) in [7, 11) is 0. The van der Waals surface area contributed by atoms with Crippen LogP contribution in [0.3, 0.4) is 0 Å². The van der Waals surface area contributed by atoms with Gasteiger partial charge in [-0.1, -0.05) is 12.1 Å². The molecule has 3 rings (SSSR count). The lowest BCUT2D eigenvalue weighted by atomic mass is 10.1. The van der Waals surface area contributed by atoms with Gasteiger partial charge in [0.15, 0.2) is 6.61 Å². The summed E-state index contributed by atoms with van der Waals surface area (Å²) < 4.78 is 23.5. The third kappa shape index (κ3) is 5.76. The molecule has 1 aliphatic heterocycles. The van der Waals surface area contributed by atoms with E-state index in [0.717, 1.165) is 6.07 Å². The first-order valence-electron chi connectivity index (χ1n) is 9.68. The number of hydrogen-bond donors (Lipinski definition) is 1. The van der Waals surface area contributed by atoms with Crippen molar-refractivity contribution >= 4 is 23.3 Å². The van der Waals surface area contributed by atoms with E-state index in [0.29, 0.717) is 37.6 Å². The number of carbonyl (C=O) groups is 2. The minimum Gasteiger partial charge on any atom is -0.452 e. The average molecular weight is 431 g/mol. The lowest BCUT2D eigenvalue weighted by Gasteiger charge is -2.30. The van der Waals surface area contributed by atoms with Crippen LogP contribution in [-0.4, -0.2) is 49.7 Å². The summed E-state index contributed by atoms with van der Waals surface area (Å²) in [5.74, 6) is -1.78. The smallest absolute Gasteiger partial charge is 0.341 e. The second-order valence-corrected chi connectivity index (χ2v) is 6.97. The highest BCUT2D eigenvalue weighted by Crippen LogP contribution is 2.27. The molecule has 0 radical (unpaired) electrons. The molecule has 0 bridgehead atoms. The van der Waals surface area contributed by atoms with Crippen LogP contribution in [0.2, 0.25) is 0 Å². The monoisotopic (exact) mass is 431 g/mol. The van der Waals surface area contributed by atoms with Gasteiger partial charge >= 0.3 is 5.97 Å². The zero-order valence-corrected chi connectivity index (χ0v) is 16.9. The molecule has 0 aliphatic carbocycles. The second-order valence-electron chi connectivity index (χ2n) is 6.97. The second kappa shape index (κ2) is 9.98. The zero-order valence-electron chi connectivity index (χ0n) is 16.9. The number of morpholine rings is 1. The first-order chi connectivity index (χ1) is 14.8. The van der Waals surface area contributed by atoms with Gasteiger partial charge < -0.3 is 19.7 Å². The van der Waals surface area contributed by atoms with E-state index in [1.807, 2.05) is 4.90 Å². The summed E-state index contributed by atoms with van der Waals surface area (Å²) in [6.07, 6.45) is 0. The molecule has 1 amide bonds. The number of nitrogens with zero attached hydrogens (tertiary/aromatic N) is 2. The number of rotatable bonds is 7. The van der Waals surface area contributed by atoms with E-state index in [-0.39, 0.29) is 17.1 Å². The maximum Gasteiger partial charge on any atom is 0.341 e. The van der Waals surface area contributed by atoms with Gasteiger partial charge in [-0.2, -0.15) is 0 Å². The Kier molecular flexibility index (Phi) is 7.14. The van der Waals surface area contributed by atoms with E-state index in [1.165, 1.54) is 24.3 Å². The van der Waals surface area contributed by atoms with Crippen molar-refractivity contribution in [2.75, 3.05) is 37.8 Å². The molecule has 2 aromatic rings. The van der Waals surface area contributed by atoms with Gasteiger partial charge in [-0.05, 0) is 30.7 Å². The van der Waals surface area contributed by atoms with Crippen molar-refractivity contribution in [3.05, 3.63) is 69.5 Å².